The van der Waals surface area contributed by atoms with Crippen LogP contribution in [0.4, 0.5) is 13.2 Å². The fraction of sp³-hybridized carbons (Fsp3) is 0.909. The Morgan fingerprint density at radius 1 is 1.28 bits per heavy atom. The van der Waals surface area contributed by atoms with Crippen LogP contribution in [-0.4, -0.2) is 42.2 Å². The highest BCUT2D eigenvalue weighted by molar-refractivity contribution is 5.83. The summed E-state index contributed by atoms with van der Waals surface area (Å²) >= 11 is 0. The Morgan fingerprint density at radius 2 is 1.83 bits per heavy atom. The molecule has 0 aromatic rings. The lowest BCUT2D eigenvalue weighted by atomic mass is 9.96. The summed E-state index contributed by atoms with van der Waals surface area (Å²) in [6, 6.07) is 0. The van der Waals surface area contributed by atoms with E-state index < -0.39 is 24.2 Å². The molecule has 0 aliphatic rings. The number of amides is 1. The van der Waals surface area contributed by atoms with Crippen molar-refractivity contribution in [2.24, 2.45) is 11.5 Å². The summed E-state index contributed by atoms with van der Waals surface area (Å²) in [4.78, 5) is 12.3. The van der Waals surface area contributed by atoms with Crippen LogP contribution in [0.15, 0.2) is 0 Å². The third-order valence-electron chi connectivity index (χ3n) is 2.68. The molecule has 108 valence electrons. The molecule has 0 spiro atoms. The van der Waals surface area contributed by atoms with Crippen molar-refractivity contribution in [1.82, 2.24) is 4.90 Å². The number of carbonyl (C=O) groups excluding carboxylic acids is 1. The molecule has 18 heavy (non-hydrogen) atoms. The molecule has 0 radical (unpaired) electrons. The predicted octanol–water partition coefficient (Wildman–Crippen LogP) is 1.24. The summed E-state index contributed by atoms with van der Waals surface area (Å²) in [6.07, 6.45) is -2.87. The van der Waals surface area contributed by atoms with Gasteiger partial charge in [-0.15, -0.1) is 0 Å². The average Bonchev–Trinajstić information content (AvgIpc) is 2.14. The third-order valence-corrected chi connectivity index (χ3v) is 2.68. The number of alkyl halides is 3. The Bertz CT molecular complexity index is 267. The normalized spacial score (nSPS) is 15.7. The lowest BCUT2D eigenvalue weighted by Gasteiger charge is -2.25. The number of hydrogen-bond donors (Lipinski definition) is 2. The molecule has 0 aliphatic carbocycles. The van der Waals surface area contributed by atoms with Crippen molar-refractivity contribution in [1.29, 1.82) is 0 Å². The summed E-state index contributed by atoms with van der Waals surface area (Å²) in [5.41, 5.74) is 9.57. The van der Waals surface area contributed by atoms with E-state index in [2.05, 4.69) is 0 Å². The van der Waals surface area contributed by atoms with Gasteiger partial charge < -0.3 is 11.5 Å². The third kappa shape index (κ3) is 7.50. The van der Waals surface area contributed by atoms with Gasteiger partial charge in [-0.1, -0.05) is 6.92 Å². The van der Waals surface area contributed by atoms with Crippen molar-refractivity contribution in [3.63, 3.8) is 0 Å². The molecular weight excluding hydrogens is 247 g/mol. The molecular formula is C11H22F3N3O. The van der Waals surface area contributed by atoms with Gasteiger partial charge in [0.2, 0.25) is 5.91 Å². The van der Waals surface area contributed by atoms with E-state index in [9.17, 15) is 18.0 Å². The minimum absolute atomic E-state index is 0.257. The van der Waals surface area contributed by atoms with Gasteiger partial charge in [-0.2, -0.15) is 13.2 Å². The predicted molar refractivity (Wildman–Crippen MR) is 63.8 cm³/mol. The minimum Gasteiger partial charge on any atom is -0.368 e. The Morgan fingerprint density at radius 3 is 2.22 bits per heavy atom. The summed E-state index contributed by atoms with van der Waals surface area (Å²) in [7, 11) is 0. The average molecular weight is 269 g/mol. The molecule has 4 N–H and O–H groups in total. The lowest BCUT2D eigenvalue weighted by molar-refractivity contribution is -0.146. The van der Waals surface area contributed by atoms with Crippen LogP contribution < -0.4 is 11.5 Å². The van der Waals surface area contributed by atoms with E-state index in [0.717, 1.165) is 0 Å². The molecule has 0 saturated carbocycles. The molecule has 4 nitrogen and oxygen atoms in total. The lowest BCUT2D eigenvalue weighted by Crippen LogP contribution is -2.49. The zero-order valence-electron chi connectivity index (χ0n) is 10.9. The zero-order chi connectivity index (χ0) is 14.4. The van der Waals surface area contributed by atoms with Gasteiger partial charge in [0.25, 0.3) is 0 Å². The SMILES string of the molecule is CCCN(CCCC(C)(N)C(N)=O)CC(F)(F)F. The maximum atomic E-state index is 12.3. The number of nitrogens with two attached hydrogens (primary N) is 2. The van der Waals surface area contributed by atoms with Crippen LogP contribution in [0.5, 0.6) is 0 Å². The molecule has 0 aromatic carbocycles. The first kappa shape index (κ1) is 17.2. The van der Waals surface area contributed by atoms with Crippen molar-refractivity contribution in [3.8, 4) is 0 Å². The monoisotopic (exact) mass is 269 g/mol. The van der Waals surface area contributed by atoms with Crippen LogP contribution in [-0.2, 0) is 4.79 Å². The van der Waals surface area contributed by atoms with Crippen molar-refractivity contribution in [2.45, 2.75) is 44.8 Å². The summed E-state index contributed by atoms with van der Waals surface area (Å²) in [5, 5.41) is 0. The van der Waals surface area contributed by atoms with Gasteiger partial charge in [0.1, 0.15) is 0 Å². The number of primary amides is 1. The van der Waals surface area contributed by atoms with E-state index in [1.165, 1.54) is 11.8 Å². The molecule has 0 aliphatic heterocycles. The van der Waals surface area contributed by atoms with Crippen LogP contribution in [0, 0.1) is 0 Å². The molecule has 0 bridgehead atoms. The maximum Gasteiger partial charge on any atom is 0.401 e. The summed E-state index contributed by atoms with van der Waals surface area (Å²) < 4.78 is 36.8. The van der Waals surface area contributed by atoms with Crippen LogP contribution >= 0.6 is 0 Å². The molecule has 1 atom stereocenters. The van der Waals surface area contributed by atoms with Crippen LogP contribution in [0.25, 0.3) is 0 Å². The van der Waals surface area contributed by atoms with Crippen molar-refractivity contribution < 1.29 is 18.0 Å². The number of rotatable bonds is 8. The van der Waals surface area contributed by atoms with E-state index in [4.69, 9.17) is 11.5 Å². The minimum atomic E-state index is -4.20. The standard InChI is InChI=1S/C11H22F3N3O/c1-3-6-17(8-11(12,13)14)7-4-5-10(2,16)9(15)18/h3-8,16H2,1-2H3,(H2,15,18). The highest BCUT2D eigenvalue weighted by Crippen LogP contribution is 2.17. The first-order valence-electron chi connectivity index (χ1n) is 5.96. The fourth-order valence-corrected chi connectivity index (χ4v) is 1.63. The molecule has 0 heterocycles. The van der Waals surface area contributed by atoms with Gasteiger partial charge in [-0.25, -0.2) is 0 Å². The van der Waals surface area contributed by atoms with E-state index in [1.807, 2.05) is 6.92 Å². The van der Waals surface area contributed by atoms with Crippen molar-refractivity contribution in [2.75, 3.05) is 19.6 Å². The van der Waals surface area contributed by atoms with Gasteiger partial charge in [0.05, 0.1) is 12.1 Å². The number of nitrogens with zero attached hydrogens (tertiary/aromatic N) is 1. The molecule has 1 amide bonds. The highest BCUT2D eigenvalue weighted by atomic mass is 19.4. The van der Waals surface area contributed by atoms with Gasteiger partial charge in [0, 0.05) is 0 Å². The van der Waals surface area contributed by atoms with Gasteiger partial charge in [-0.05, 0) is 39.3 Å². The largest absolute Gasteiger partial charge is 0.401 e. The Hall–Kier alpha value is -0.820. The number of carbonyl (C=O) groups is 1. The van der Waals surface area contributed by atoms with Gasteiger partial charge in [0.15, 0.2) is 0 Å². The van der Waals surface area contributed by atoms with Crippen molar-refractivity contribution >= 4 is 5.91 Å². The van der Waals surface area contributed by atoms with E-state index in [-0.39, 0.29) is 13.0 Å². The molecule has 0 fully saturated rings. The van der Waals surface area contributed by atoms with Crippen LogP contribution in [0.2, 0.25) is 0 Å². The quantitative estimate of drug-likeness (QED) is 0.696. The highest BCUT2D eigenvalue weighted by Gasteiger charge is 2.31. The zero-order valence-corrected chi connectivity index (χ0v) is 10.9. The molecule has 0 saturated heterocycles. The van der Waals surface area contributed by atoms with E-state index in [1.54, 1.807) is 0 Å². The van der Waals surface area contributed by atoms with Crippen LogP contribution in [0.1, 0.15) is 33.1 Å². The molecule has 7 heteroatoms. The Balaban J connectivity index is 4.16. The maximum absolute atomic E-state index is 12.3. The molecule has 0 aromatic heterocycles. The smallest absolute Gasteiger partial charge is 0.368 e. The van der Waals surface area contributed by atoms with Crippen LogP contribution in [0.3, 0.4) is 0 Å². The number of halogens is 3. The second-order valence-corrected chi connectivity index (χ2v) is 4.78. The topological polar surface area (TPSA) is 72.3 Å². The Kier molecular flexibility index (Phi) is 6.62. The summed E-state index contributed by atoms with van der Waals surface area (Å²) in [5.74, 6) is -0.639. The first-order valence-corrected chi connectivity index (χ1v) is 5.96. The Labute approximate surface area is 105 Å². The van der Waals surface area contributed by atoms with Gasteiger partial charge in [-0.3, -0.25) is 9.69 Å². The second kappa shape index (κ2) is 6.94. The summed E-state index contributed by atoms with van der Waals surface area (Å²) in [6.45, 7) is 3.01. The van der Waals surface area contributed by atoms with E-state index >= 15 is 0 Å². The fourth-order valence-electron chi connectivity index (χ4n) is 1.63. The van der Waals surface area contributed by atoms with Crippen molar-refractivity contribution in [3.05, 3.63) is 0 Å². The first-order chi connectivity index (χ1) is 8.08. The molecule has 1 unspecified atom stereocenters. The molecule has 0 rings (SSSR count). The second-order valence-electron chi connectivity index (χ2n) is 4.78. The van der Waals surface area contributed by atoms with E-state index in [0.29, 0.717) is 19.4 Å². The number of hydrogen-bond acceptors (Lipinski definition) is 3. The van der Waals surface area contributed by atoms with Gasteiger partial charge >= 0.3 is 6.18 Å².